The quantitative estimate of drug-likeness (QED) is 0.0327. The molecule has 4 aliphatic carbocycles. The molecule has 27 atom stereocenters. The van der Waals surface area contributed by atoms with Gasteiger partial charge in [0.15, 0.2) is 25.2 Å². The topological polar surface area (TPSA) is 421 Å². The molecule has 5 saturated heterocycles. The number of methoxy groups -OCH3 is 1. The van der Waals surface area contributed by atoms with E-state index in [0.717, 1.165) is 26.4 Å². The number of allylic oxidation sites excluding steroid dienone is 2. The fourth-order valence-electron chi connectivity index (χ4n) is 16.5. The largest absolute Gasteiger partial charge is 0.726 e. The van der Waals surface area contributed by atoms with Gasteiger partial charge >= 0.3 is 5.97 Å². The van der Waals surface area contributed by atoms with Crippen LogP contribution in [0.1, 0.15) is 113 Å². The maximum atomic E-state index is 14.4. The summed E-state index contributed by atoms with van der Waals surface area (Å²) >= 11 is 0. The van der Waals surface area contributed by atoms with E-state index in [9.17, 15) is 76.4 Å². The van der Waals surface area contributed by atoms with E-state index in [-0.39, 0.29) is 47.3 Å². The summed E-state index contributed by atoms with van der Waals surface area (Å²) < 4.78 is 138. The Morgan fingerprint density at radius 3 is 1.96 bits per heavy atom. The highest BCUT2D eigenvalue weighted by Crippen LogP contribution is 2.76. The number of aliphatic hydroxyl groups excluding tert-OH is 8. The minimum Gasteiger partial charge on any atom is -0.726 e. The van der Waals surface area contributed by atoms with E-state index in [1.165, 1.54) is 12.5 Å². The summed E-state index contributed by atoms with van der Waals surface area (Å²) in [5.74, 6) is -0.00889. The second-order valence-electron chi connectivity index (χ2n) is 26.3. The minimum atomic E-state index is -5.46. The summed E-state index contributed by atoms with van der Waals surface area (Å²) in [5, 5.41) is 89.4. The van der Waals surface area contributed by atoms with Gasteiger partial charge in [0, 0.05) is 31.3 Å². The fourth-order valence-corrected chi connectivity index (χ4v) is 17.3. The van der Waals surface area contributed by atoms with Crippen molar-refractivity contribution in [2.75, 3.05) is 26.9 Å². The third-order valence-corrected chi connectivity index (χ3v) is 21.4. The van der Waals surface area contributed by atoms with Gasteiger partial charge in [-0.3, -0.25) is 18.0 Å². The Kier molecular flexibility index (Phi) is 19.2. The predicted molar refractivity (Wildman–Crippen MR) is 278 cm³/mol. The van der Waals surface area contributed by atoms with E-state index in [1.807, 2.05) is 20.8 Å². The molecule has 0 radical (unpaired) electrons. The van der Waals surface area contributed by atoms with E-state index >= 15 is 0 Å². The normalized spacial score (nSPS) is 48.6. The van der Waals surface area contributed by atoms with Crippen LogP contribution in [-0.2, 0) is 86.1 Å². The number of rotatable bonds is 19. The number of hydrogen-bond donors (Lipinski definition) is 8. The van der Waals surface area contributed by atoms with Gasteiger partial charge in [-0.05, 0) is 87.4 Å². The van der Waals surface area contributed by atoms with E-state index < -0.39 is 185 Å². The second-order valence-corrected chi connectivity index (χ2v) is 28.4. The molecule has 13 unspecified atom stereocenters. The molecule has 0 amide bonds. The Hall–Kier alpha value is -2.06. The molecule has 28 nitrogen and oxygen atoms in total. The van der Waals surface area contributed by atoms with Gasteiger partial charge in [-0.15, -0.1) is 0 Å². The Morgan fingerprint density at radius 1 is 0.714 bits per heavy atom. The van der Waals surface area contributed by atoms with Gasteiger partial charge in [0.2, 0.25) is 20.8 Å². The molecule has 3 saturated carbocycles. The number of aliphatic hydroxyl groups is 8. The van der Waals surface area contributed by atoms with Crippen LogP contribution in [0.15, 0.2) is 11.6 Å². The molecule has 0 aromatic heterocycles. The van der Waals surface area contributed by atoms with Crippen molar-refractivity contribution >= 4 is 32.6 Å². The van der Waals surface area contributed by atoms with Crippen LogP contribution < -0.4 is 0 Å². The molecular weight excluding hydrogens is 1160 g/mol. The van der Waals surface area contributed by atoms with Gasteiger partial charge in [0.05, 0.1) is 37.4 Å². The number of ketones is 1. The molecule has 8 N–H and O–H groups in total. The van der Waals surface area contributed by atoms with Gasteiger partial charge < -0.3 is 97.3 Å². The highest BCUT2D eigenvalue weighted by Gasteiger charge is 2.76. The molecule has 0 aromatic carbocycles. The van der Waals surface area contributed by atoms with Crippen LogP contribution >= 0.6 is 0 Å². The van der Waals surface area contributed by atoms with Crippen LogP contribution in [0.2, 0.25) is 0 Å². The number of hydrogen-bond acceptors (Lipinski definition) is 28. The Labute approximate surface area is 488 Å². The lowest BCUT2D eigenvalue weighted by Crippen LogP contribution is -2.67. The van der Waals surface area contributed by atoms with Gasteiger partial charge in [-0.2, -0.15) is 0 Å². The monoisotopic (exact) mass is 1240 g/mol. The first-order valence-corrected chi connectivity index (χ1v) is 31.5. The van der Waals surface area contributed by atoms with Crippen LogP contribution in [-0.4, -0.2) is 234 Å². The zero-order valence-corrected chi connectivity index (χ0v) is 50.1. The fraction of sp³-hybridized carbons (Fsp3) is 0.926. The molecule has 8 fully saturated rings. The second kappa shape index (κ2) is 24.3. The summed E-state index contributed by atoms with van der Waals surface area (Å²) in [6, 6.07) is 0. The van der Waals surface area contributed by atoms with Gasteiger partial charge in [-0.1, -0.05) is 53.2 Å². The average Bonchev–Trinajstić information content (AvgIpc) is 1.44. The summed E-state index contributed by atoms with van der Waals surface area (Å²) in [5.41, 5.74) is -1.86. The zero-order chi connectivity index (χ0) is 61.8. The maximum absolute atomic E-state index is 14.4. The lowest BCUT2D eigenvalue weighted by molar-refractivity contribution is -0.389. The molecular formula is C54H84O28S2-2. The van der Waals surface area contributed by atoms with Crippen molar-refractivity contribution in [3.05, 3.63) is 11.6 Å². The first kappa shape index (κ1) is 66.4. The SMILES string of the molecule is COC1C(O)[C@H](OC2C(O)[C@H](O[C@@H]3C(C)O[C@@H](OC4C(O)[C@H](OS(=O)(=O)[O-])CO[C@H]4O[C@H]4CC[C@]5(C)C6CCC78C(=O)O[C@@](C)(CC(=O)CC(C)C)[C@H]7CC[C@@]8(C)C6=CC[C@H]5C4(C)C)C(O)C3O)OC(COS(=O)(=O)[O-])[C@H]2O)OC(CO)[C@H]1O. The molecule has 9 aliphatic rings. The number of carbonyl (C=O) groups is 2. The van der Waals surface area contributed by atoms with Crippen molar-refractivity contribution in [2.24, 2.45) is 45.3 Å². The van der Waals surface area contributed by atoms with Crippen molar-refractivity contribution in [3.8, 4) is 0 Å². The number of Topliss-reactive ketones (excluding diaryl/α,β-unsaturated/α-hetero) is 1. The first-order chi connectivity index (χ1) is 39.0. The zero-order valence-electron chi connectivity index (χ0n) is 48.5. The molecule has 84 heavy (non-hydrogen) atoms. The number of esters is 1. The Balaban J connectivity index is 0.912. The molecule has 0 bridgehead atoms. The summed E-state index contributed by atoms with van der Waals surface area (Å²) in [4.78, 5) is 27.7. The first-order valence-electron chi connectivity index (χ1n) is 28.9. The van der Waals surface area contributed by atoms with Crippen molar-refractivity contribution < 1.29 is 132 Å². The third kappa shape index (κ3) is 12.0. The van der Waals surface area contributed by atoms with Crippen molar-refractivity contribution in [3.63, 3.8) is 0 Å². The smallest absolute Gasteiger partial charge is 0.313 e. The number of cyclic esters (lactones) is 1. The van der Waals surface area contributed by atoms with Crippen molar-refractivity contribution in [1.29, 1.82) is 0 Å². The molecule has 1 spiro atoms. The predicted octanol–water partition coefficient (Wildman–Crippen LogP) is -1.16. The molecule has 0 aromatic rings. The van der Waals surface area contributed by atoms with Crippen LogP contribution in [0.25, 0.3) is 0 Å². The van der Waals surface area contributed by atoms with Crippen LogP contribution in [0.5, 0.6) is 0 Å². The van der Waals surface area contributed by atoms with Crippen molar-refractivity contribution in [1.82, 2.24) is 0 Å². The number of fused-ring (bicyclic) bond motifs is 4. The molecule has 5 heterocycles. The average molecular weight is 1250 g/mol. The van der Waals surface area contributed by atoms with Crippen LogP contribution in [0.4, 0.5) is 0 Å². The van der Waals surface area contributed by atoms with Crippen LogP contribution in [0.3, 0.4) is 0 Å². The van der Waals surface area contributed by atoms with Gasteiger partial charge in [0.25, 0.3) is 0 Å². The van der Waals surface area contributed by atoms with Crippen molar-refractivity contribution in [2.45, 2.75) is 242 Å². The Bertz CT molecular complexity index is 2640. The van der Waals surface area contributed by atoms with E-state index in [0.29, 0.717) is 32.1 Å². The van der Waals surface area contributed by atoms with E-state index in [4.69, 9.17) is 47.4 Å². The molecule has 30 heteroatoms. The lowest BCUT2D eigenvalue weighted by Gasteiger charge is -2.64. The summed E-state index contributed by atoms with van der Waals surface area (Å²) in [6.07, 6.45) is -28.0. The number of carbonyl (C=O) groups excluding carboxylic acids is 2. The standard InChI is InChI=1S/C54H86O28S2/c1-23(2)18-25(56)19-53(8)32-13-16-52(7)27-10-11-31-50(4,5)33(14-15-51(31,6)26(27)12-17-54(32,52)49(64)81-53)77-48-44(36(59)30(21-72-48)82-84(68,69)70)80-45-38(61)37(60)41(24(3)74-45)78-47-40(63)43(35(58)29(76-47)22-73-83(65,66)67)79-46-39(62)42(71-9)34(57)28(20-55)75-46/h10,23-24,26,28-48,55,57-63H,11-22H2,1-9H3,(H,65,66,67)(H,68,69,70)/p-2/t24?,26?,28?,29?,30-,31+,32-,33+,34-,35-,36?,37?,38?,39?,40?,41-,42?,43?,44?,45+,46+,47+,48+,51-,52+,53+,54?/m1/s1. The van der Waals surface area contributed by atoms with E-state index in [2.05, 4.69) is 42.1 Å². The Morgan fingerprint density at radius 2 is 1.33 bits per heavy atom. The third-order valence-electron chi connectivity index (χ3n) is 20.5. The summed E-state index contributed by atoms with van der Waals surface area (Å²) in [6.45, 7) is 13.2. The van der Waals surface area contributed by atoms with Crippen LogP contribution in [0, 0.1) is 45.3 Å². The lowest BCUT2D eigenvalue weighted by atomic mass is 9.41. The molecule has 9 rings (SSSR count). The minimum absolute atomic E-state index is 0.0186. The number of ether oxygens (including phenoxy) is 10. The van der Waals surface area contributed by atoms with Gasteiger partial charge in [-0.25, -0.2) is 16.8 Å². The van der Waals surface area contributed by atoms with Gasteiger partial charge in [0.1, 0.15) is 96.8 Å². The summed E-state index contributed by atoms with van der Waals surface area (Å²) in [7, 11) is -9.77. The highest BCUT2D eigenvalue weighted by molar-refractivity contribution is 7.81. The highest BCUT2D eigenvalue weighted by atomic mass is 32.3. The molecule has 482 valence electrons. The molecule has 5 aliphatic heterocycles. The van der Waals surface area contributed by atoms with E-state index in [1.54, 1.807) is 0 Å². The maximum Gasteiger partial charge on any atom is 0.313 e.